The largest absolute Gasteiger partial charge is 0.412 e. The van der Waals surface area contributed by atoms with Crippen LogP contribution in [0, 0.1) is 6.92 Å². The summed E-state index contributed by atoms with van der Waals surface area (Å²) in [6.07, 6.45) is 0.718. The van der Waals surface area contributed by atoms with E-state index >= 15 is 0 Å². The molecule has 0 saturated carbocycles. The van der Waals surface area contributed by atoms with Crippen LogP contribution in [0.25, 0.3) is 0 Å². The summed E-state index contributed by atoms with van der Waals surface area (Å²) in [5, 5.41) is 3.50. The lowest BCUT2D eigenvalue weighted by Crippen LogP contribution is -2.26. The van der Waals surface area contributed by atoms with Gasteiger partial charge in [0.2, 0.25) is 0 Å². The normalized spacial score (nSPS) is 14.8. The SMILES string of the molecule is CCN(CC)CCN=C1CC(c2ccc(C)cc2)=Nc2ccccc2N1.O. The Hall–Kier alpha value is -2.50. The van der Waals surface area contributed by atoms with Crippen molar-refractivity contribution in [1.29, 1.82) is 0 Å². The zero-order valence-electron chi connectivity index (χ0n) is 16.5. The maximum atomic E-state index is 4.93. The van der Waals surface area contributed by atoms with Crippen molar-refractivity contribution in [1.82, 2.24) is 4.90 Å². The summed E-state index contributed by atoms with van der Waals surface area (Å²) in [5.74, 6) is 0.987. The predicted molar refractivity (Wildman–Crippen MR) is 116 cm³/mol. The third-order valence-corrected chi connectivity index (χ3v) is 4.77. The molecule has 0 saturated heterocycles. The summed E-state index contributed by atoms with van der Waals surface area (Å²) >= 11 is 0. The van der Waals surface area contributed by atoms with Crippen LogP contribution in [0.15, 0.2) is 58.5 Å². The number of rotatable bonds is 6. The fourth-order valence-corrected chi connectivity index (χ4v) is 3.09. The van der Waals surface area contributed by atoms with Crippen molar-refractivity contribution in [2.45, 2.75) is 27.2 Å². The lowest BCUT2D eigenvalue weighted by molar-refractivity contribution is 0.313. The number of nitrogens with one attached hydrogen (secondary N) is 1. The second-order valence-electron chi connectivity index (χ2n) is 6.60. The van der Waals surface area contributed by atoms with Gasteiger partial charge in [-0.2, -0.15) is 0 Å². The Morgan fingerprint density at radius 2 is 1.74 bits per heavy atom. The molecule has 0 atom stereocenters. The lowest BCUT2D eigenvalue weighted by Gasteiger charge is -2.17. The molecule has 27 heavy (non-hydrogen) atoms. The van der Waals surface area contributed by atoms with Gasteiger partial charge in [-0.25, -0.2) is 0 Å². The van der Waals surface area contributed by atoms with E-state index in [1.54, 1.807) is 0 Å². The van der Waals surface area contributed by atoms with Crippen LogP contribution in [0.1, 0.15) is 31.4 Å². The lowest BCUT2D eigenvalue weighted by atomic mass is 10.1. The van der Waals surface area contributed by atoms with Gasteiger partial charge in [0.1, 0.15) is 5.84 Å². The van der Waals surface area contributed by atoms with Gasteiger partial charge in [-0.1, -0.05) is 55.8 Å². The van der Waals surface area contributed by atoms with E-state index in [0.717, 1.165) is 61.1 Å². The van der Waals surface area contributed by atoms with E-state index in [1.807, 2.05) is 12.1 Å². The number of benzene rings is 2. The molecule has 3 N–H and O–H groups in total. The van der Waals surface area contributed by atoms with Gasteiger partial charge in [0.25, 0.3) is 0 Å². The number of aryl methyl sites for hydroxylation is 1. The van der Waals surface area contributed by atoms with Gasteiger partial charge in [-0.05, 0) is 37.7 Å². The van der Waals surface area contributed by atoms with Crippen molar-refractivity contribution in [2.24, 2.45) is 9.98 Å². The maximum Gasteiger partial charge on any atom is 0.107 e. The van der Waals surface area contributed by atoms with Gasteiger partial charge in [-0.15, -0.1) is 0 Å². The van der Waals surface area contributed by atoms with Gasteiger partial charge < -0.3 is 15.7 Å². The number of amidine groups is 1. The van der Waals surface area contributed by atoms with Gasteiger partial charge >= 0.3 is 0 Å². The van der Waals surface area contributed by atoms with Crippen molar-refractivity contribution in [2.75, 3.05) is 31.5 Å². The van der Waals surface area contributed by atoms with Crippen LogP contribution in [0.4, 0.5) is 11.4 Å². The summed E-state index contributed by atoms with van der Waals surface area (Å²) in [5.41, 5.74) is 5.47. The zero-order chi connectivity index (χ0) is 18.4. The number of anilines is 1. The zero-order valence-corrected chi connectivity index (χ0v) is 16.5. The van der Waals surface area contributed by atoms with Crippen LogP contribution in [0.2, 0.25) is 0 Å². The highest BCUT2D eigenvalue weighted by atomic mass is 16.0. The molecule has 0 fully saturated rings. The molecule has 0 bridgehead atoms. The molecule has 0 amide bonds. The molecule has 1 heterocycles. The summed E-state index contributed by atoms with van der Waals surface area (Å²) in [6, 6.07) is 16.8. The molecule has 5 nitrogen and oxygen atoms in total. The smallest absolute Gasteiger partial charge is 0.107 e. The standard InChI is InChI=1S/C22H28N4.H2O/c1-4-26(5-2)15-14-23-22-16-21(18-12-10-17(3)11-13-18)24-19-8-6-7-9-20(19)25-22;/h6-13H,4-5,14-16H2,1-3H3,(H,23,25);1H2. The van der Waals surface area contributed by atoms with Crippen LogP contribution >= 0.6 is 0 Å². The molecular weight excluding hydrogens is 336 g/mol. The molecule has 0 unspecified atom stereocenters. The highest BCUT2D eigenvalue weighted by molar-refractivity contribution is 6.18. The van der Waals surface area contributed by atoms with Crippen molar-refractivity contribution in [3.8, 4) is 0 Å². The van der Waals surface area contributed by atoms with Crippen LogP contribution in [0.5, 0.6) is 0 Å². The molecule has 5 heteroatoms. The fourth-order valence-electron chi connectivity index (χ4n) is 3.09. The Morgan fingerprint density at radius 1 is 1.04 bits per heavy atom. The molecule has 3 rings (SSSR count). The second kappa shape index (κ2) is 10.00. The number of nitrogens with zero attached hydrogens (tertiary/aromatic N) is 3. The average Bonchev–Trinajstić information content (AvgIpc) is 2.85. The molecule has 2 aromatic carbocycles. The minimum Gasteiger partial charge on any atom is -0.412 e. The predicted octanol–water partition coefficient (Wildman–Crippen LogP) is 3.85. The highest BCUT2D eigenvalue weighted by Crippen LogP contribution is 2.28. The highest BCUT2D eigenvalue weighted by Gasteiger charge is 2.15. The maximum absolute atomic E-state index is 4.93. The third-order valence-electron chi connectivity index (χ3n) is 4.77. The summed E-state index contributed by atoms with van der Waals surface area (Å²) in [7, 11) is 0. The first-order valence-electron chi connectivity index (χ1n) is 9.46. The van der Waals surface area contributed by atoms with E-state index in [-0.39, 0.29) is 5.48 Å². The molecular formula is C22H30N4O. The quantitative estimate of drug-likeness (QED) is 0.843. The Kier molecular flexibility index (Phi) is 7.70. The van der Waals surface area contributed by atoms with Gasteiger partial charge in [0.15, 0.2) is 0 Å². The van der Waals surface area contributed by atoms with Crippen molar-refractivity contribution < 1.29 is 5.48 Å². The second-order valence-corrected chi connectivity index (χ2v) is 6.60. The molecule has 1 aliphatic rings. The minimum atomic E-state index is 0. The molecule has 1 aliphatic heterocycles. The van der Waals surface area contributed by atoms with Gasteiger partial charge in [0.05, 0.1) is 23.6 Å². The molecule has 144 valence electrons. The summed E-state index contributed by atoms with van der Waals surface area (Å²) in [6.45, 7) is 10.4. The van der Waals surface area contributed by atoms with Crippen molar-refractivity contribution in [3.05, 3.63) is 59.7 Å². The average molecular weight is 367 g/mol. The first-order valence-corrected chi connectivity index (χ1v) is 9.46. The number of hydrogen-bond acceptors (Lipinski definition) is 3. The van der Waals surface area contributed by atoms with Gasteiger partial charge in [0, 0.05) is 13.0 Å². The van der Waals surface area contributed by atoms with E-state index < -0.39 is 0 Å². The number of likely N-dealkylation sites (N-methyl/N-ethyl adjacent to an activating group) is 1. The molecule has 2 aromatic rings. The van der Waals surface area contributed by atoms with E-state index in [0.29, 0.717) is 0 Å². The first kappa shape index (κ1) is 20.8. The van der Waals surface area contributed by atoms with Crippen LogP contribution in [0.3, 0.4) is 0 Å². The Labute approximate surface area is 162 Å². The monoisotopic (exact) mass is 366 g/mol. The molecule has 0 radical (unpaired) electrons. The Morgan fingerprint density at radius 3 is 2.44 bits per heavy atom. The van der Waals surface area contributed by atoms with Crippen LogP contribution in [-0.2, 0) is 0 Å². The van der Waals surface area contributed by atoms with E-state index in [1.165, 1.54) is 5.56 Å². The fraction of sp³-hybridized carbons (Fsp3) is 0.364. The number of para-hydroxylation sites is 2. The van der Waals surface area contributed by atoms with Gasteiger partial charge in [-0.3, -0.25) is 9.98 Å². The number of fused-ring (bicyclic) bond motifs is 1. The molecule has 0 spiro atoms. The Bertz CT molecular complexity index is 792. The number of hydrogen-bond donors (Lipinski definition) is 1. The minimum absolute atomic E-state index is 0. The summed E-state index contributed by atoms with van der Waals surface area (Å²) in [4.78, 5) is 12.2. The Balaban J connectivity index is 0.00000261. The summed E-state index contributed by atoms with van der Waals surface area (Å²) < 4.78 is 0. The topological polar surface area (TPSA) is 71.5 Å². The third kappa shape index (κ3) is 5.49. The van der Waals surface area contributed by atoms with E-state index in [2.05, 4.69) is 67.4 Å². The molecule has 0 aliphatic carbocycles. The van der Waals surface area contributed by atoms with Crippen LogP contribution < -0.4 is 5.32 Å². The number of aliphatic imine (C=N–C) groups is 2. The van der Waals surface area contributed by atoms with Crippen LogP contribution in [-0.4, -0.2) is 48.1 Å². The first-order chi connectivity index (χ1) is 12.7. The van der Waals surface area contributed by atoms with Crippen molar-refractivity contribution >= 4 is 22.9 Å². The van der Waals surface area contributed by atoms with E-state index in [4.69, 9.17) is 9.98 Å². The van der Waals surface area contributed by atoms with Crippen molar-refractivity contribution in [3.63, 3.8) is 0 Å². The van der Waals surface area contributed by atoms with E-state index in [9.17, 15) is 0 Å². The molecule has 0 aromatic heterocycles.